The molecule has 1 atom stereocenters. The van der Waals surface area contributed by atoms with Crippen LogP contribution in [0.2, 0.25) is 0 Å². The van der Waals surface area contributed by atoms with Gasteiger partial charge in [0.05, 0.1) is 6.61 Å². The molecule has 0 aliphatic carbocycles. The molecule has 8 nitrogen and oxygen atoms in total. The Bertz CT molecular complexity index is 940. The minimum atomic E-state index is -0.609. The first-order valence-electron chi connectivity index (χ1n) is 9.53. The Kier molecular flexibility index (Phi) is 7.00. The number of benzene rings is 1. The Morgan fingerprint density at radius 2 is 2.03 bits per heavy atom. The number of carbonyl (C=O) groups excluding carboxylic acids is 2. The van der Waals surface area contributed by atoms with E-state index < -0.39 is 17.7 Å². The summed E-state index contributed by atoms with van der Waals surface area (Å²) in [6, 6.07) is 4.68. The van der Waals surface area contributed by atoms with Crippen molar-refractivity contribution in [2.45, 2.75) is 38.7 Å². The van der Waals surface area contributed by atoms with E-state index in [1.165, 1.54) is 19.2 Å². The number of hydrogen-bond acceptors (Lipinski definition) is 8. The van der Waals surface area contributed by atoms with E-state index >= 15 is 0 Å². The SMILES string of the molecule is COCCOC(=O)CCc1cc2c(C)cc(=O)oc2cc1OC(=O)C1CCCO1. The number of hydrogen-bond donors (Lipinski definition) is 0. The van der Waals surface area contributed by atoms with E-state index in [0.717, 1.165) is 12.0 Å². The minimum Gasteiger partial charge on any atom is -0.463 e. The van der Waals surface area contributed by atoms with E-state index in [4.69, 9.17) is 23.4 Å². The Balaban J connectivity index is 1.84. The van der Waals surface area contributed by atoms with Gasteiger partial charge in [0.2, 0.25) is 0 Å². The predicted octanol–water partition coefficient (Wildman–Crippen LogP) is 2.31. The molecule has 2 aromatic rings. The van der Waals surface area contributed by atoms with Gasteiger partial charge in [-0.1, -0.05) is 0 Å². The molecule has 29 heavy (non-hydrogen) atoms. The maximum atomic E-state index is 12.4. The summed E-state index contributed by atoms with van der Waals surface area (Å²) < 4.78 is 26.1. The molecule has 1 unspecified atom stereocenters. The van der Waals surface area contributed by atoms with Crippen LogP contribution in [0.25, 0.3) is 11.0 Å². The summed E-state index contributed by atoms with van der Waals surface area (Å²) >= 11 is 0. The van der Waals surface area contributed by atoms with Crippen LogP contribution >= 0.6 is 0 Å². The zero-order chi connectivity index (χ0) is 20.8. The molecule has 1 aliphatic heterocycles. The van der Waals surface area contributed by atoms with Crippen LogP contribution in [0.4, 0.5) is 0 Å². The smallest absolute Gasteiger partial charge is 0.340 e. The lowest BCUT2D eigenvalue weighted by molar-refractivity contribution is -0.145. The molecule has 1 aromatic heterocycles. The Morgan fingerprint density at radius 3 is 2.76 bits per heavy atom. The van der Waals surface area contributed by atoms with Gasteiger partial charge >= 0.3 is 17.6 Å². The van der Waals surface area contributed by atoms with Gasteiger partial charge in [0, 0.05) is 37.7 Å². The molecule has 1 fully saturated rings. The van der Waals surface area contributed by atoms with Gasteiger partial charge in [0.15, 0.2) is 6.10 Å². The quantitative estimate of drug-likeness (QED) is 0.286. The van der Waals surface area contributed by atoms with E-state index in [2.05, 4.69) is 0 Å². The third-order valence-electron chi connectivity index (χ3n) is 4.68. The molecule has 8 heteroatoms. The summed E-state index contributed by atoms with van der Waals surface area (Å²) in [5.74, 6) is -0.632. The molecule has 1 aromatic carbocycles. The molecule has 1 aliphatic rings. The lowest BCUT2D eigenvalue weighted by Gasteiger charge is -2.14. The standard InChI is InChI=1S/C21H24O8/c1-13-10-20(23)28-18-12-17(29-21(24)16-4-3-7-26-16)14(11-15(13)18)5-6-19(22)27-9-8-25-2/h10-12,16H,3-9H2,1-2H3. The molecule has 3 rings (SSSR count). The average molecular weight is 404 g/mol. The van der Waals surface area contributed by atoms with Crippen LogP contribution < -0.4 is 10.4 Å². The van der Waals surface area contributed by atoms with Gasteiger partial charge in [-0.15, -0.1) is 0 Å². The van der Waals surface area contributed by atoms with Gasteiger partial charge in [0.1, 0.15) is 17.9 Å². The van der Waals surface area contributed by atoms with Crippen molar-refractivity contribution in [1.82, 2.24) is 0 Å². The third-order valence-corrected chi connectivity index (χ3v) is 4.68. The maximum Gasteiger partial charge on any atom is 0.340 e. The molecule has 2 heterocycles. The number of methoxy groups -OCH3 is 1. The van der Waals surface area contributed by atoms with Gasteiger partial charge in [-0.3, -0.25) is 4.79 Å². The molecular formula is C21H24O8. The van der Waals surface area contributed by atoms with Crippen LogP contribution in [0.15, 0.2) is 27.4 Å². The number of aryl methyl sites for hydroxylation is 2. The lowest BCUT2D eigenvalue weighted by atomic mass is 10.0. The molecule has 0 bridgehead atoms. The van der Waals surface area contributed by atoms with E-state index in [-0.39, 0.29) is 24.7 Å². The monoisotopic (exact) mass is 404 g/mol. The summed E-state index contributed by atoms with van der Waals surface area (Å²) in [5.41, 5.74) is 1.21. The van der Waals surface area contributed by atoms with Gasteiger partial charge in [-0.2, -0.15) is 0 Å². The van der Waals surface area contributed by atoms with Crippen molar-refractivity contribution in [2.24, 2.45) is 0 Å². The van der Waals surface area contributed by atoms with Crippen molar-refractivity contribution < 1.29 is 33.0 Å². The summed E-state index contributed by atoms with van der Waals surface area (Å²) in [5, 5.41) is 0.712. The molecule has 0 amide bonds. The van der Waals surface area contributed by atoms with Crippen LogP contribution in [0.5, 0.6) is 5.75 Å². The summed E-state index contributed by atoms with van der Waals surface area (Å²) in [7, 11) is 1.53. The largest absolute Gasteiger partial charge is 0.463 e. The minimum absolute atomic E-state index is 0.107. The number of rotatable bonds is 8. The fourth-order valence-electron chi connectivity index (χ4n) is 3.17. The zero-order valence-corrected chi connectivity index (χ0v) is 16.5. The van der Waals surface area contributed by atoms with E-state index in [9.17, 15) is 14.4 Å². The Labute approximate surface area is 167 Å². The third kappa shape index (κ3) is 5.42. The first-order chi connectivity index (χ1) is 14.0. The summed E-state index contributed by atoms with van der Waals surface area (Å²) in [4.78, 5) is 36.1. The molecule has 156 valence electrons. The number of ether oxygens (including phenoxy) is 4. The van der Waals surface area contributed by atoms with Crippen molar-refractivity contribution in [3.05, 3.63) is 39.7 Å². The summed E-state index contributed by atoms with van der Waals surface area (Å²) in [6.45, 7) is 2.81. The van der Waals surface area contributed by atoms with Crippen molar-refractivity contribution in [3.63, 3.8) is 0 Å². The zero-order valence-electron chi connectivity index (χ0n) is 16.5. The fraction of sp³-hybridized carbons (Fsp3) is 0.476. The molecule has 1 saturated heterocycles. The highest BCUT2D eigenvalue weighted by molar-refractivity contribution is 5.85. The van der Waals surface area contributed by atoms with Crippen molar-refractivity contribution in [3.8, 4) is 5.75 Å². The number of esters is 2. The average Bonchev–Trinajstić information content (AvgIpc) is 3.21. The molecule has 0 radical (unpaired) electrons. The fourth-order valence-corrected chi connectivity index (χ4v) is 3.17. The van der Waals surface area contributed by atoms with Crippen LogP contribution in [0.3, 0.4) is 0 Å². The number of carbonyl (C=O) groups is 2. The van der Waals surface area contributed by atoms with Crippen molar-refractivity contribution >= 4 is 22.9 Å². The normalized spacial score (nSPS) is 16.1. The van der Waals surface area contributed by atoms with E-state index in [1.54, 1.807) is 13.0 Å². The second-order valence-corrected chi connectivity index (χ2v) is 6.84. The first kappa shape index (κ1) is 21.0. The maximum absolute atomic E-state index is 12.4. The predicted molar refractivity (Wildman–Crippen MR) is 103 cm³/mol. The van der Waals surface area contributed by atoms with Crippen LogP contribution in [-0.4, -0.2) is 45.0 Å². The molecule has 0 saturated carbocycles. The first-order valence-corrected chi connectivity index (χ1v) is 9.53. The molecular weight excluding hydrogens is 380 g/mol. The van der Waals surface area contributed by atoms with E-state index in [0.29, 0.717) is 42.6 Å². The van der Waals surface area contributed by atoms with Gasteiger partial charge in [-0.25, -0.2) is 9.59 Å². The van der Waals surface area contributed by atoms with Crippen LogP contribution in [-0.2, 0) is 30.2 Å². The van der Waals surface area contributed by atoms with Gasteiger partial charge in [-0.05, 0) is 43.4 Å². The van der Waals surface area contributed by atoms with Gasteiger partial charge in [0.25, 0.3) is 0 Å². The topological polar surface area (TPSA) is 101 Å². The second-order valence-electron chi connectivity index (χ2n) is 6.84. The van der Waals surface area contributed by atoms with Gasteiger partial charge < -0.3 is 23.4 Å². The number of fused-ring (bicyclic) bond motifs is 1. The lowest BCUT2D eigenvalue weighted by Crippen LogP contribution is -2.25. The molecule has 0 N–H and O–H groups in total. The second kappa shape index (κ2) is 9.67. The van der Waals surface area contributed by atoms with Crippen LogP contribution in [0.1, 0.15) is 30.4 Å². The summed E-state index contributed by atoms with van der Waals surface area (Å²) in [6.07, 6.45) is 1.19. The van der Waals surface area contributed by atoms with Crippen LogP contribution in [0, 0.1) is 6.92 Å². The van der Waals surface area contributed by atoms with E-state index in [1.807, 2.05) is 0 Å². The van der Waals surface area contributed by atoms with Crippen molar-refractivity contribution in [2.75, 3.05) is 26.9 Å². The highest BCUT2D eigenvalue weighted by Gasteiger charge is 2.26. The highest BCUT2D eigenvalue weighted by Crippen LogP contribution is 2.29. The Morgan fingerprint density at radius 1 is 1.21 bits per heavy atom. The Hall–Kier alpha value is -2.71. The van der Waals surface area contributed by atoms with Crippen molar-refractivity contribution in [1.29, 1.82) is 0 Å². The molecule has 0 spiro atoms. The highest BCUT2D eigenvalue weighted by atomic mass is 16.6.